The fourth-order valence-corrected chi connectivity index (χ4v) is 3.10. The molecule has 1 atom stereocenters. The van der Waals surface area contributed by atoms with Crippen molar-refractivity contribution in [1.29, 1.82) is 0 Å². The second kappa shape index (κ2) is 6.73. The van der Waals surface area contributed by atoms with Gasteiger partial charge in [-0.05, 0) is 32.1 Å². The van der Waals surface area contributed by atoms with Crippen LogP contribution in [0.4, 0.5) is 0 Å². The van der Waals surface area contributed by atoms with Gasteiger partial charge in [-0.1, -0.05) is 31.4 Å². The molecule has 0 bridgehead atoms. The molecule has 0 aromatic heterocycles. The van der Waals surface area contributed by atoms with Gasteiger partial charge in [0, 0.05) is 6.54 Å². The Bertz CT molecular complexity index is 359. The molecule has 1 heterocycles. The Balaban J connectivity index is 1.98. The van der Waals surface area contributed by atoms with Crippen LogP contribution in [0.3, 0.4) is 0 Å². The molecule has 2 amide bonds. The molecule has 19 heavy (non-hydrogen) atoms. The second-order valence-electron chi connectivity index (χ2n) is 5.56. The minimum atomic E-state index is -0.271. The summed E-state index contributed by atoms with van der Waals surface area (Å²) in [7, 11) is 0. The number of nitrogens with zero attached hydrogens (tertiary/aromatic N) is 1. The molecule has 1 aliphatic heterocycles. The molecule has 4 heteroatoms. The van der Waals surface area contributed by atoms with E-state index in [1.54, 1.807) is 4.90 Å². The molecule has 1 N–H and O–H groups in total. The van der Waals surface area contributed by atoms with Crippen molar-refractivity contribution in [2.24, 2.45) is 5.92 Å². The molecule has 1 saturated carbocycles. The molecule has 0 spiro atoms. The second-order valence-corrected chi connectivity index (χ2v) is 5.56. The Hall–Kier alpha value is -1.32. The van der Waals surface area contributed by atoms with Crippen molar-refractivity contribution >= 4 is 11.8 Å². The van der Waals surface area contributed by atoms with E-state index in [0.29, 0.717) is 12.5 Å². The first-order chi connectivity index (χ1) is 9.22. The van der Waals surface area contributed by atoms with Gasteiger partial charge in [0.15, 0.2) is 0 Å². The van der Waals surface area contributed by atoms with Crippen molar-refractivity contribution in [2.45, 2.75) is 51.5 Å². The molecule has 0 aromatic rings. The van der Waals surface area contributed by atoms with Gasteiger partial charge in [0.2, 0.25) is 11.8 Å². The van der Waals surface area contributed by atoms with Crippen LogP contribution in [0, 0.1) is 5.92 Å². The SMILES string of the molecule is C/C=C/CCN1CC(=O)NC(C2CCCCC2)C1=O. The summed E-state index contributed by atoms with van der Waals surface area (Å²) in [5.41, 5.74) is 0. The van der Waals surface area contributed by atoms with Gasteiger partial charge >= 0.3 is 0 Å². The lowest BCUT2D eigenvalue weighted by Gasteiger charge is -2.37. The van der Waals surface area contributed by atoms with Gasteiger partial charge in [-0.3, -0.25) is 9.59 Å². The van der Waals surface area contributed by atoms with Gasteiger partial charge in [-0.2, -0.15) is 0 Å². The zero-order valence-corrected chi connectivity index (χ0v) is 11.7. The van der Waals surface area contributed by atoms with Crippen LogP contribution in [0.15, 0.2) is 12.2 Å². The predicted octanol–water partition coefficient (Wildman–Crippen LogP) is 1.86. The monoisotopic (exact) mass is 264 g/mol. The van der Waals surface area contributed by atoms with Gasteiger partial charge in [-0.15, -0.1) is 0 Å². The van der Waals surface area contributed by atoms with Gasteiger partial charge < -0.3 is 10.2 Å². The Morgan fingerprint density at radius 3 is 2.68 bits per heavy atom. The topological polar surface area (TPSA) is 49.4 Å². The number of carbonyl (C=O) groups excluding carboxylic acids is 2. The molecule has 1 unspecified atom stereocenters. The lowest BCUT2D eigenvalue weighted by atomic mass is 9.82. The average molecular weight is 264 g/mol. The standard InChI is InChI=1S/C15H24N2O2/c1-2-3-7-10-17-11-13(18)16-14(15(17)19)12-8-5-4-6-9-12/h2-3,12,14H,4-11H2,1H3,(H,16,18)/b3-2+. The number of nitrogens with one attached hydrogen (secondary N) is 1. The highest BCUT2D eigenvalue weighted by atomic mass is 16.2. The summed E-state index contributed by atoms with van der Waals surface area (Å²) >= 11 is 0. The van der Waals surface area contributed by atoms with E-state index < -0.39 is 0 Å². The number of allylic oxidation sites excluding steroid dienone is 1. The van der Waals surface area contributed by atoms with E-state index in [4.69, 9.17) is 0 Å². The van der Waals surface area contributed by atoms with Crippen molar-refractivity contribution < 1.29 is 9.59 Å². The summed E-state index contributed by atoms with van der Waals surface area (Å²) in [6.07, 6.45) is 10.6. The minimum absolute atomic E-state index is 0.00403. The minimum Gasteiger partial charge on any atom is -0.342 e. The third kappa shape index (κ3) is 3.58. The summed E-state index contributed by atoms with van der Waals surface area (Å²) < 4.78 is 0. The summed E-state index contributed by atoms with van der Waals surface area (Å²) in [5, 5.41) is 2.91. The largest absolute Gasteiger partial charge is 0.342 e. The van der Waals surface area contributed by atoms with Crippen molar-refractivity contribution in [2.75, 3.05) is 13.1 Å². The van der Waals surface area contributed by atoms with E-state index in [1.807, 2.05) is 19.1 Å². The molecule has 1 aliphatic carbocycles. The van der Waals surface area contributed by atoms with Crippen molar-refractivity contribution in [3.8, 4) is 0 Å². The quantitative estimate of drug-likeness (QED) is 0.788. The lowest BCUT2D eigenvalue weighted by molar-refractivity contribution is -0.146. The Kier molecular flexibility index (Phi) is 5.00. The highest BCUT2D eigenvalue weighted by Gasteiger charge is 2.37. The van der Waals surface area contributed by atoms with Crippen LogP contribution in [-0.4, -0.2) is 35.8 Å². The normalized spacial score (nSPS) is 25.9. The third-order valence-electron chi connectivity index (χ3n) is 4.15. The molecule has 0 aromatic carbocycles. The third-order valence-corrected chi connectivity index (χ3v) is 4.15. The Labute approximate surface area is 115 Å². The van der Waals surface area contributed by atoms with Crippen LogP contribution in [0.5, 0.6) is 0 Å². The van der Waals surface area contributed by atoms with Crippen LogP contribution in [-0.2, 0) is 9.59 Å². The molecule has 106 valence electrons. The van der Waals surface area contributed by atoms with E-state index in [9.17, 15) is 9.59 Å². The number of piperazine rings is 1. The zero-order valence-electron chi connectivity index (χ0n) is 11.7. The fourth-order valence-electron chi connectivity index (χ4n) is 3.10. The van der Waals surface area contributed by atoms with Crippen molar-refractivity contribution in [3.63, 3.8) is 0 Å². The van der Waals surface area contributed by atoms with E-state index >= 15 is 0 Å². The lowest BCUT2D eigenvalue weighted by Crippen LogP contribution is -2.60. The van der Waals surface area contributed by atoms with E-state index in [0.717, 1.165) is 19.3 Å². The number of hydrogen-bond acceptors (Lipinski definition) is 2. The fraction of sp³-hybridized carbons (Fsp3) is 0.733. The maximum atomic E-state index is 12.5. The van der Waals surface area contributed by atoms with Gasteiger partial charge in [-0.25, -0.2) is 0 Å². The molecule has 2 rings (SSSR count). The number of rotatable bonds is 4. The summed E-state index contributed by atoms with van der Waals surface area (Å²) in [6, 6.07) is -0.271. The molecule has 2 aliphatic rings. The van der Waals surface area contributed by atoms with E-state index in [-0.39, 0.29) is 24.4 Å². The maximum Gasteiger partial charge on any atom is 0.245 e. The first-order valence-electron chi connectivity index (χ1n) is 7.41. The van der Waals surface area contributed by atoms with Crippen LogP contribution in [0.1, 0.15) is 45.4 Å². The highest BCUT2D eigenvalue weighted by Crippen LogP contribution is 2.28. The van der Waals surface area contributed by atoms with Crippen LogP contribution in [0.25, 0.3) is 0 Å². The Morgan fingerprint density at radius 1 is 1.26 bits per heavy atom. The Morgan fingerprint density at radius 2 is 2.00 bits per heavy atom. The van der Waals surface area contributed by atoms with Crippen molar-refractivity contribution in [1.82, 2.24) is 10.2 Å². The number of amides is 2. The van der Waals surface area contributed by atoms with Gasteiger partial charge in [0.25, 0.3) is 0 Å². The molecular weight excluding hydrogens is 240 g/mol. The van der Waals surface area contributed by atoms with Crippen LogP contribution >= 0.6 is 0 Å². The molecule has 0 radical (unpaired) electrons. The van der Waals surface area contributed by atoms with E-state index in [1.165, 1.54) is 19.3 Å². The summed E-state index contributed by atoms with van der Waals surface area (Å²) in [6.45, 7) is 2.84. The molecule has 1 saturated heterocycles. The maximum absolute atomic E-state index is 12.5. The molecule has 4 nitrogen and oxygen atoms in total. The van der Waals surface area contributed by atoms with Gasteiger partial charge in [0.05, 0.1) is 6.54 Å². The van der Waals surface area contributed by atoms with E-state index in [2.05, 4.69) is 5.32 Å². The number of carbonyl (C=O) groups is 2. The zero-order chi connectivity index (χ0) is 13.7. The first-order valence-corrected chi connectivity index (χ1v) is 7.41. The summed E-state index contributed by atoms with van der Waals surface area (Å²) in [5.74, 6) is 0.460. The highest BCUT2D eigenvalue weighted by molar-refractivity contribution is 5.95. The van der Waals surface area contributed by atoms with Crippen molar-refractivity contribution in [3.05, 3.63) is 12.2 Å². The van der Waals surface area contributed by atoms with Crippen LogP contribution < -0.4 is 5.32 Å². The number of hydrogen-bond donors (Lipinski definition) is 1. The molecule has 2 fully saturated rings. The molecular formula is C15H24N2O2. The average Bonchev–Trinajstić information content (AvgIpc) is 2.43. The van der Waals surface area contributed by atoms with Crippen LogP contribution in [0.2, 0.25) is 0 Å². The van der Waals surface area contributed by atoms with Gasteiger partial charge in [0.1, 0.15) is 6.04 Å². The smallest absolute Gasteiger partial charge is 0.245 e. The predicted molar refractivity (Wildman–Crippen MR) is 74.5 cm³/mol. The first kappa shape index (κ1) is 14.1. The summed E-state index contributed by atoms with van der Waals surface area (Å²) in [4.78, 5) is 26.0.